The fourth-order valence-corrected chi connectivity index (χ4v) is 4.15. The topological polar surface area (TPSA) is 91.9 Å². The quantitative estimate of drug-likeness (QED) is 0.776. The van der Waals surface area contributed by atoms with Gasteiger partial charge in [-0.2, -0.15) is 5.10 Å². The predicted octanol–water partition coefficient (Wildman–Crippen LogP) is 2.29. The number of amides is 2. The van der Waals surface area contributed by atoms with Crippen molar-refractivity contribution in [2.75, 3.05) is 6.61 Å². The number of hydrogen-bond donors (Lipinski definition) is 3. The number of ether oxygens (including phenoxy) is 1. The summed E-state index contributed by atoms with van der Waals surface area (Å²) in [5.74, 6) is 0.660. The Kier molecular flexibility index (Phi) is 4.84. The molecule has 3 N–H and O–H groups in total. The molecule has 0 saturated heterocycles. The van der Waals surface area contributed by atoms with Crippen molar-refractivity contribution >= 4 is 6.03 Å². The number of rotatable bonds is 5. The number of carbonyl (C=O) groups excluding carboxylic acids is 1. The summed E-state index contributed by atoms with van der Waals surface area (Å²) in [6, 6.07) is -0.123. The van der Waals surface area contributed by atoms with Gasteiger partial charge in [-0.05, 0) is 33.1 Å². The molecule has 2 aliphatic rings. The maximum Gasteiger partial charge on any atom is 0.315 e. The lowest BCUT2D eigenvalue weighted by molar-refractivity contribution is -0.146. The van der Waals surface area contributed by atoms with E-state index >= 15 is 0 Å². The van der Waals surface area contributed by atoms with Gasteiger partial charge in [-0.3, -0.25) is 5.10 Å². The first-order valence-corrected chi connectivity index (χ1v) is 8.69. The maximum absolute atomic E-state index is 12.3. The summed E-state index contributed by atoms with van der Waals surface area (Å²) in [5.41, 5.74) is 0.140. The molecular formula is C16H27N5O2. The molecule has 2 fully saturated rings. The van der Waals surface area contributed by atoms with Gasteiger partial charge in [-0.15, -0.1) is 0 Å². The van der Waals surface area contributed by atoms with E-state index in [9.17, 15) is 4.79 Å². The summed E-state index contributed by atoms with van der Waals surface area (Å²) in [6.45, 7) is 4.68. The van der Waals surface area contributed by atoms with Crippen LogP contribution in [0.15, 0.2) is 6.33 Å². The van der Waals surface area contributed by atoms with Crippen LogP contribution in [0, 0.1) is 5.41 Å². The molecule has 2 amide bonds. The second-order valence-electron chi connectivity index (χ2n) is 6.74. The van der Waals surface area contributed by atoms with E-state index in [2.05, 4.69) is 25.8 Å². The average molecular weight is 321 g/mol. The molecule has 2 aliphatic carbocycles. The maximum atomic E-state index is 12.3. The van der Waals surface area contributed by atoms with Crippen LogP contribution in [0.25, 0.3) is 0 Å². The lowest BCUT2D eigenvalue weighted by Crippen LogP contribution is -2.66. The van der Waals surface area contributed by atoms with Crippen LogP contribution < -0.4 is 10.6 Å². The molecule has 23 heavy (non-hydrogen) atoms. The van der Waals surface area contributed by atoms with Crippen molar-refractivity contribution < 1.29 is 9.53 Å². The molecule has 2 saturated carbocycles. The second kappa shape index (κ2) is 6.86. The third-order valence-corrected chi connectivity index (χ3v) is 5.43. The van der Waals surface area contributed by atoms with E-state index < -0.39 is 0 Å². The zero-order valence-corrected chi connectivity index (χ0v) is 14.0. The molecule has 7 nitrogen and oxygen atoms in total. The molecule has 128 valence electrons. The Balaban J connectivity index is 1.57. The van der Waals surface area contributed by atoms with Crippen molar-refractivity contribution in [3.8, 4) is 0 Å². The van der Waals surface area contributed by atoms with Gasteiger partial charge in [0.05, 0.1) is 12.1 Å². The lowest BCUT2D eigenvalue weighted by atomic mass is 9.55. The fraction of sp³-hybridized carbons (Fsp3) is 0.812. The Morgan fingerprint density at radius 3 is 2.91 bits per heavy atom. The van der Waals surface area contributed by atoms with E-state index in [1.54, 1.807) is 0 Å². The third-order valence-electron chi connectivity index (χ3n) is 5.43. The van der Waals surface area contributed by atoms with Crippen LogP contribution in [0.5, 0.6) is 0 Å². The van der Waals surface area contributed by atoms with Crippen LogP contribution in [0.3, 0.4) is 0 Å². The van der Waals surface area contributed by atoms with E-state index in [-0.39, 0.29) is 23.5 Å². The minimum Gasteiger partial charge on any atom is -0.378 e. The number of nitrogens with one attached hydrogen (secondary N) is 3. The number of nitrogens with zero attached hydrogens (tertiary/aromatic N) is 2. The van der Waals surface area contributed by atoms with Crippen LogP contribution in [-0.2, 0) is 4.74 Å². The molecule has 0 bridgehead atoms. The summed E-state index contributed by atoms with van der Waals surface area (Å²) in [7, 11) is 0. The van der Waals surface area contributed by atoms with E-state index in [1.807, 2.05) is 13.8 Å². The Morgan fingerprint density at radius 1 is 1.48 bits per heavy atom. The number of aromatic amines is 1. The predicted molar refractivity (Wildman–Crippen MR) is 85.8 cm³/mol. The Hall–Kier alpha value is -1.63. The molecule has 0 aliphatic heterocycles. The average Bonchev–Trinajstić information content (AvgIpc) is 3.09. The smallest absolute Gasteiger partial charge is 0.315 e. The van der Waals surface area contributed by atoms with Crippen LogP contribution in [0.2, 0.25) is 0 Å². The highest BCUT2D eigenvalue weighted by molar-refractivity contribution is 5.75. The van der Waals surface area contributed by atoms with E-state index in [4.69, 9.17) is 4.74 Å². The minimum atomic E-state index is -0.192. The second-order valence-corrected chi connectivity index (χ2v) is 6.74. The van der Waals surface area contributed by atoms with Crippen molar-refractivity contribution in [2.45, 2.75) is 70.6 Å². The number of hydrogen-bond acceptors (Lipinski definition) is 4. The van der Waals surface area contributed by atoms with Gasteiger partial charge in [0.2, 0.25) is 0 Å². The molecule has 1 spiro atoms. The number of H-pyrrole nitrogens is 1. The van der Waals surface area contributed by atoms with Gasteiger partial charge in [0, 0.05) is 18.1 Å². The van der Waals surface area contributed by atoms with Gasteiger partial charge in [0.15, 0.2) is 0 Å². The first-order chi connectivity index (χ1) is 11.2. The summed E-state index contributed by atoms with van der Waals surface area (Å²) >= 11 is 0. The Bertz CT molecular complexity index is 513. The number of urea groups is 1. The van der Waals surface area contributed by atoms with Gasteiger partial charge in [0.25, 0.3) is 0 Å². The number of carbonyl (C=O) groups is 1. The minimum absolute atomic E-state index is 0.140. The molecule has 1 aromatic rings. The van der Waals surface area contributed by atoms with Crippen LogP contribution in [0.1, 0.15) is 64.2 Å². The van der Waals surface area contributed by atoms with Crippen molar-refractivity contribution in [3.05, 3.63) is 12.2 Å². The molecule has 3 atom stereocenters. The van der Waals surface area contributed by atoms with Gasteiger partial charge >= 0.3 is 6.03 Å². The molecule has 1 aromatic heterocycles. The fourth-order valence-electron chi connectivity index (χ4n) is 4.15. The lowest BCUT2D eigenvalue weighted by Gasteiger charge is -2.57. The summed E-state index contributed by atoms with van der Waals surface area (Å²) in [5, 5.41) is 12.7. The SMILES string of the molecule is CCO[C@@H]1C[C@H](NC(=O)N[C@H](C)c2ncn[nH]2)C12CCCCC2. The van der Waals surface area contributed by atoms with Crippen molar-refractivity contribution in [1.82, 2.24) is 25.8 Å². The molecule has 1 heterocycles. The van der Waals surface area contributed by atoms with Gasteiger partial charge < -0.3 is 15.4 Å². The largest absolute Gasteiger partial charge is 0.378 e. The summed E-state index contributed by atoms with van der Waals surface area (Å²) < 4.78 is 5.93. The van der Waals surface area contributed by atoms with Crippen molar-refractivity contribution in [3.63, 3.8) is 0 Å². The van der Waals surface area contributed by atoms with Crippen LogP contribution in [0.4, 0.5) is 4.79 Å². The molecule has 7 heteroatoms. The zero-order chi connectivity index (χ0) is 16.3. The standard InChI is InChI=1S/C16H27N5O2/c1-3-23-13-9-12(16(13)7-5-4-6-8-16)20-15(22)19-11(2)14-17-10-18-21-14/h10-13H,3-9H2,1-2H3,(H,17,18,21)(H2,19,20,22)/t11-,12+,13-/m1/s1. The Labute approximate surface area is 137 Å². The van der Waals surface area contributed by atoms with Gasteiger partial charge in [-0.1, -0.05) is 19.3 Å². The molecule has 0 unspecified atom stereocenters. The molecule has 3 rings (SSSR count). The first-order valence-electron chi connectivity index (χ1n) is 8.69. The molecule has 0 radical (unpaired) electrons. The Morgan fingerprint density at radius 2 is 2.26 bits per heavy atom. The van der Waals surface area contributed by atoms with Gasteiger partial charge in [-0.25, -0.2) is 9.78 Å². The van der Waals surface area contributed by atoms with Crippen LogP contribution >= 0.6 is 0 Å². The highest BCUT2D eigenvalue weighted by Crippen LogP contribution is 2.53. The van der Waals surface area contributed by atoms with E-state index in [0.717, 1.165) is 25.9 Å². The van der Waals surface area contributed by atoms with Crippen molar-refractivity contribution in [1.29, 1.82) is 0 Å². The summed E-state index contributed by atoms with van der Waals surface area (Å²) in [4.78, 5) is 16.4. The summed E-state index contributed by atoms with van der Waals surface area (Å²) in [6.07, 6.45) is 8.72. The van der Waals surface area contributed by atoms with Gasteiger partial charge in [0.1, 0.15) is 12.2 Å². The number of aromatic nitrogens is 3. The third kappa shape index (κ3) is 3.20. The molecular weight excluding hydrogens is 294 g/mol. The highest BCUT2D eigenvalue weighted by atomic mass is 16.5. The van der Waals surface area contributed by atoms with Crippen LogP contribution in [-0.4, -0.2) is 40.0 Å². The first kappa shape index (κ1) is 16.2. The molecule has 0 aromatic carbocycles. The van der Waals surface area contributed by atoms with E-state index in [1.165, 1.54) is 25.6 Å². The monoisotopic (exact) mass is 321 g/mol. The zero-order valence-electron chi connectivity index (χ0n) is 14.0. The highest BCUT2D eigenvalue weighted by Gasteiger charge is 2.56. The normalized spacial score (nSPS) is 27.2. The van der Waals surface area contributed by atoms with E-state index in [0.29, 0.717) is 11.9 Å². The van der Waals surface area contributed by atoms with Crippen molar-refractivity contribution in [2.24, 2.45) is 5.41 Å².